The van der Waals surface area contributed by atoms with Gasteiger partial charge in [-0.05, 0) is 36.8 Å². The summed E-state index contributed by atoms with van der Waals surface area (Å²) < 4.78 is 5.19. The molecule has 0 aromatic heterocycles. The molecule has 2 rings (SSSR count). The molecule has 0 radical (unpaired) electrons. The average molecular weight is 495 g/mol. The van der Waals surface area contributed by atoms with Gasteiger partial charge in [0, 0.05) is 25.4 Å². The van der Waals surface area contributed by atoms with E-state index in [2.05, 4.69) is 26.1 Å². The van der Waals surface area contributed by atoms with E-state index >= 15 is 0 Å². The molecule has 36 heavy (non-hydrogen) atoms. The zero-order chi connectivity index (χ0) is 26.3. The third-order valence-electron chi connectivity index (χ3n) is 6.17. The van der Waals surface area contributed by atoms with E-state index in [0.29, 0.717) is 26.1 Å². The fourth-order valence-electron chi connectivity index (χ4n) is 4.29. The summed E-state index contributed by atoms with van der Waals surface area (Å²) in [5.74, 6) is -0.646. The maximum atomic E-state index is 13.8. The Morgan fingerprint density at radius 2 is 1.56 bits per heavy atom. The second kappa shape index (κ2) is 15.8. The van der Waals surface area contributed by atoms with Crippen LogP contribution < -0.4 is 5.32 Å². The molecule has 0 fully saturated rings. The first kappa shape index (κ1) is 29.1. The molecule has 0 aliphatic heterocycles. The van der Waals surface area contributed by atoms with Gasteiger partial charge in [-0.25, -0.2) is 0 Å². The molecule has 2 aromatic carbocycles. The van der Waals surface area contributed by atoms with Crippen LogP contribution in [-0.2, 0) is 25.7 Å². The largest absolute Gasteiger partial charge is 0.466 e. The smallest absolute Gasteiger partial charge is 0.306 e. The van der Waals surface area contributed by atoms with Crippen molar-refractivity contribution in [3.8, 4) is 0 Å². The number of nitrogens with one attached hydrogen (secondary N) is 1. The molecule has 0 spiro atoms. The van der Waals surface area contributed by atoms with Crippen molar-refractivity contribution in [2.45, 2.75) is 78.3 Å². The Morgan fingerprint density at radius 3 is 2.14 bits per heavy atom. The number of nitrogens with zero attached hydrogens (tertiary/aromatic N) is 1. The van der Waals surface area contributed by atoms with Crippen LogP contribution in [0.3, 0.4) is 0 Å². The number of unbranched alkanes of at least 4 members (excludes halogenated alkanes) is 1. The van der Waals surface area contributed by atoms with Crippen molar-refractivity contribution in [2.24, 2.45) is 5.92 Å². The van der Waals surface area contributed by atoms with Crippen molar-refractivity contribution < 1.29 is 19.1 Å². The maximum absolute atomic E-state index is 13.8. The number of benzene rings is 2. The van der Waals surface area contributed by atoms with Gasteiger partial charge < -0.3 is 15.0 Å². The Labute approximate surface area is 216 Å². The van der Waals surface area contributed by atoms with Crippen LogP contribution in [0.4, 0.5) is 0 Å². The van der Waals surface area contributed by atoms with E-state index in [1.165, 1.54) is 0 Å². The SMILES string of the molecule is CCCCN(C(=O)C[C@H](CC(=O)OCC)c1ccccc1)[C@@H](CC(C)C)C(=O)NCc1ccccc1. The Hall–Kier alpha value is -3.15. The molecule has 0 bridgehead atoms. The van der Waals surface area contributed by atoms with Crippen molar-refractivity contribution in [1.82, 2.24) is 10.2 Å². The van der Waals surface area contributed by atoms with Crippen LogP contribution in [0.1, 0.15) is 76.8 Å². The average Bonchev–Trinajstić information content (AvgIpc) is 2.87. The first-order chi connectivity index (χ1) is 17.3. The third kappa shape index (κ3) is 9.84. The van der Waals surface area contributed by atoms with E-state index in [-0.39, 0.29) is 42.5 Å². The lowest BCUT2D eigenvalue weighted by Crippen LogP contribution is -2.50. The molecule has 2 aromatic rings. The van der Waals surface area contributed by atoms with Crippen molar-refractivity contribution in [3.05, 3.63) is 71.8 Å². The molecule has 0 heterocycles. The number of rotatable bonds is 15. The molecule has 196 valence electrons. The van der Waals surface area contributed by atoms with Crippen LogP contribution >= 0.6 is 0 Å². The summed E-state index contributed by atoms with van der Waals surface area (Å²) in [7, 11) is 0. The summed E-state index contributed by atoms with van der Waals surface area (Å²) >= 11 is 0. The number of amides is 2. The summed E-state index contributed by atoms with van der Waals surface area (Å²) in [6.45, 7) is 9.20. The summed E-state index contributed by atoms with van der Waals surface area (Å²) in [5, 5.41) is 3.04. The molecule has 0 aliphatic carbocycles. The maximum Gasteiger partial charge on any atom is 0.306 e. The van der Waals surface area contributed by atoms with Crippen molar-refractivity contribution in [2.75, 3.05) is 13.2 Å². The van der Waals surface area contributed by atoms with Gasteiger partial charge in [0.25, 0.3) is 0 Å². The Kier molecular flexibility index (Phi) is 12.7. The lowest BCUT2D eigenvalue weighted by Gasteiger charge is -2.33. The molecular formula is C30H42N2O4. The van der Waals surface area contributed by atoms with Gasteiger partial charge in [-0.2, -0.15) is 0 Å². The highest BCUT2D eigenvalue weighted by Gasteiger charge is 2.32. The summed E-state index contributed by atoms with van der Waals surface area (Å²) in [5.41, 5.74) is 1.93. The highest BCUT2D eigenvalue weighted by atomic mass is 16.5. The topological polar surface area (TPSA) is 75.7 Å². The van der Waals surface area contributed by atoms with E-state index in [0.717, 1.165) is 24.0 Å². The first-order valence-electron chi connectivity index (χ1n) is 13.2. The van der Waals surface area contributed by atoms with Crippen molar-refractivity contribution in [3.63, 3.8) is 0 Å². The molecule has 2 amide bonds. The van der Waals surface area contributed by atoms with E-state index in [9.17, 15) is 14.4 Å². The normalized spacial score (nSPS) is 12.6. The van der Waals surface area contributed by atoms with E-state index < -0.39 is 6.04 Å². The zero-order valence-corrected chi connectivity index (χ0v) is 22.2. The van der Waals surface area contributed by atoms with Crippen LogP contribution in [0.15, 0.2) is 60.7 Å². The van der Waals surface area contributed by atoms with Crippen LogP contribution in [0.5, 0.6) is 0 Å². The zero-order valence-electron chi connectivity index (χ0n) is 22.2. The summed E-state index contributed by atoms with van der Waals surface area (Å²) in [4.78, 5) is 41.3. The van der Waals surface area contributed by atoms with Crippen molar-refractivity contribution in [1.29, 1.82) is 0 Å². The van der Waals surface area contributed by atoms with E-state index in [1.807, 2.05) is 60.7 Å². The number of ether oxygens (including phenoxy) is 1. The Morgan fingerprint density at radius 1 is 0.917 bits per heavy atom. The molecule has 0 aliphatic rings. The molecule has 0 saturated carbocycles. The van der Waals surface area contributed by atoms with Crippen LogP contribution in [0, 0.1) is 5.92 Å². The predicted octanol–water partition coefficient (Wildman–Crippen LogP) is 5.47. The van der Waals surface area contributed by atoms with E-state index in [4.69, 9.17) is 4.74 Å². The fourth-order valence-corrected chi connectivity index (χ4v) is 4.29. The van der Waals surface area contributed by atoms with Gasteiger partial charge in [-0.3, -0.25) is 14.4 Å². The van der Waals surface area contributed by atoms with Gasteiger partial charge in [0.15, 0.2) is 0 Å². The number of hydrogen-bond acceptors (Lipinski definition) is 4. The van der Waals surface area contributed by atoms with Gasteiger partial charge in [0.2, 0.25) is 11.8 Å². The molecule has 2 atom stereocenters. The molecule has 0 saturated heterocycles. The number of esters is 1. The summed E-state index contributed by atoms with van der Waals surface area (Å²) in [6.07, 6.45) is 2.56. The number of carbonyl (C=O) groups excluding carboxylic acids is 3. The predicted molar refractivity (Wildman–Crippen MR) is 143 cm³/mol. The molecule has 6 nitrogen and oxygen atoms in total. The van der Waals surface area contributed by atoms with Crippen LogP contribution in [0.2, 0.25) is 0 Å². The standard InChI is InChI=1S/C30H42N2O4/c1-5-7-18-32(27(19-23(3)4)30(35)31-22-24-14-10-8-11-15-24)28(33)20-26(21-29(34)36-6-2)25-16-12-9-13-17-25/h8-17,23,26-27H,5-7,18-22H2,1-4H3,(H,31,35)/t26-,27+/m1/s1. The van der Waals surface area contributed by atoms with Crippen LogP contribution in [0.25, 0.3) is 0 Å². The minimum absolute atomic E-state index is 0.109. The third-order valence-corrected chi connectivity index (χ3v) is 6.17. The second-order valence-corrected chi connectivity index (χ2v) is 9.61. The number of hydrogen-bond donors (Lipinski definition) is 1. The lowest BCUT2D eigenvalue weighted by atomic mass is 9.91. The minimum Gasteiger partial charge on any atom is -0.466 e. The Bertz CT molecular complexity index is 930. The van der Waals surface area contributed by atoms with Gasteiger partial charge in [0.1, 0.15) is 6.04 Å². The molecule has 0 unspecified atom stereocenters. The molecular weight excluding hydrogens is 452 g/mol. The quantitative estimate of drug-likeness (QED) is 0.333. The minimum atomic E-state index is -0.563. The molecule has 1 N–H and O–H groups in total. The van der Waals surface area contributed by atoms with Gasteiger partial charge in [-0.1, -0.05) is 87.9 Å². The highest BCUT2D eigenvalue weighted by Crippen LogP contribution is 2.26. The first-order valence-corrected chi connectivity index (χ1v) is 13.2. The monoisotopic (exact) mass is 494 g/mol. The Balaban J connectivity index is 2.26. The van der Waals surface area contributed by atoms with Crippen molar-refractivity contribution >= 4 is 17.8 Å². The van der Waals surface area contributed by atoms with Crippen LogP contribution in [-0.4, -0.2) is 41.9 Å². The van der Waals surface area contributed by atoms with Gasteiger partial charge >= 0.3 is 5.97 Å². The van der Waals surface area contributed by atoms with Gasteiger partial charge in [0.05, 0.1) is 13.0 Å². The number of carbonyl (C=O) groups is 3. The summed E-state index contributed by atoms with van der Waals surface area (Å²) in [6, 6.07) is 18.8. The van der Waals surface area contributed by atoms with E-state index in [1.54, 1.807) is 11.8 Å². The lowest BCUT2D eigenvalue weighted by molar-refractivity contribution is -0.145. The molecule has 6 heteroatoms. The fraction of sp³-hybridized carbons (Fsp3) is 0.500. The second-order valence-electron chi connectivity index (χ2n) is 9.61. The highest BCUT2D eigenvalue weighted by molar-refractivity contribution is 5.88. The van der Waals surface area contributed by atoms with Gasteiger partial charge in [-0.15, -0.1) is 0 Å².